The van der Waals surface area contributed by atoms with Gasteiger partial charge in [0.2, 0.25) is 0 Å². The molecule has 0 heterocycles. The second kappa shape index (κ2) is 8.11. The van der Waals surface area contributed by atoms with E-state index in [0.717, 1.165) is 44.7 Å². The molecule has 0 aromatic rings. The van der Waals surface area contributed by atoms with Crippen LogP contribution in [0.3, 0.4) is 0 Å². The van der Waals surface area contributed by atoms with Gasteiger partial charge >= 0.3 is 5.97 Å². The van der Waals surface area contributed by atoms with Crippen LogP contribution < -0.4 is 0 Å². The Morgan fingerprint density at radius 1 is 1.28 bits per heavy atom. The number of carbonyl (C=O) groups is 1. The smallest absolute Gasteiger partial charge is 0.350 e. The van der Waals surface area contributed by atoms with E-state index in [0.29, 0.717) is 0 Å². The SMILES string of the molecule is CCCCCCCC1(ON=CC(=O)O)CCCC1. The Labute approximate surface area is 109 Å². The van der Waals surface area contributed by atoms with Crippen molar-refractivity contribution in [1.82, 2.24) is 0 Å². The maximum Gasteiger partial charge on any atom is 0.350 e. The summed E-state index contributed by atoms with van der Waals surface area (Å²) in [5.74, 6) is -1.05. The van der Waals surface area contributed by atoms with Crippen LogP contribution in [-0.4, -0.2) is 22.9 Å². The molecule has 1 N–H and O–H groups in total. The molecule has 0 atom stereocenters. The van der Waals surface area contributed by atoms with Gasteiger partial charge in [0.1, 0.15) is 5.60 Å². The summed E-state index contributed by atoms with van der Waals surface area (Å²) in [6.07, 6.45) is 12.4. The summed E-state index contributed by atoms with van der Waals surface area (Å²) >= 11 is 0. The fraction of sp³-hybridized carbons (Fsp3) is 0.857. The summed E-state index contributed by atoms with van der Waals surface area (Å²) in [5.41, 5.74) is -0.182. The highest BCUT2D eigenvalue weighted by atomic mass is 16.6. The number of hydrogen-bond acceptors (Lipinski definition) is 3. The van der Waals surface area contributed by atoms with Gasteiger partial charge in [0.15, 0.2) is 6.21 Å². The fourth-order valence-electron chi connectivity index (χ4n) is 2.64. The maximum absolute atomic E-state index is 10.4. The van der Waals surface area contributed by atoms with Crippen LogP contribution in [0.15, 0.2) is 5.16 Å². The van der Waals surface area contributed by atoms with E-state index in [1.165, 1.54) is 25.7 Å². The Hall–Kier alpha value is -1.06. The van der Waals surface area contributed by atoms with Crippen molar-refractivity contribution < 1.29 is 14.7 Å². The van der Waals surface area contributed by atoms with Gasteiger partial charge in [-0.05, 0) is 38.5 Å². The van der Waals surface area contributed by atoms with Crippen molar-refractivity contribution in [3.63, 3.8) is 0 Å². The molecule has 1 aliphatic carbocycles. The van der Waals surface area contributed by atoms with E-state index in [1.807, 2.05) is 0 Å². The van der Waals surface area contributed by atoms with Crippen LogP contribution in [-0.2, 0) is 9.63 Å². The molecule has 18 heavy (non-hydrogen) atoms. The molecule has 0 aliphatic heterocycles. The summed E-state index contributed by atoms with van der Waals surface area (Å²) < 4.78 is 0. The van der Waals surface area contributed by atoms with Gasteiger partial charge in [0, 0.05) is 0 Å². The van der Waals surface area contributed by atoms with E-state index in [2.05, 4.69) is 12.1 Å². The maximum atomic E-state index is 10.4. The van der Waals surface area contributed by atoms with E-state index in [-0.39, 0.29) is 5.60 Å². The number of carboxylic acids is 1. The average molecular weight is 255 g/mol. The van der Waals surface area contributed by atoms with Crippen LogP contribution in [0.25, 0.3) is 0 Å². The molecule has 1 aliphatic rings. The van der Waals surface area contributed by atoms with Crippen molar-refractivity contribution in [1.29, 1.82) is 0 Å². The van der Waals surface area contributed by atoms with E-state index >= 15 is 0 Å². The number of carboxylic acid groups (broad SMARTS) is 1. The molecule has 0 bridgehead atoms. The van der Waals surface area contributed by atoms with Gasteiger partial charge in [0.25, 0.3) is 0 Å². The minimum Gasteiger partial charge on any atom is -0.477 e. The van der Waals surface area contributed by atoms with Gasteiger partial charge in [-0.15, -0.1) is 0 Å². The van der Waals surface area contributed by atoms with Gasteiger partial charge in [0.05, 0.1) is 0 Å². The van der Waals surface area contributed by atoms with E-state index in [9.17, 15) is 4.79 Å². The van der Waals surface area contributed by atoms with Gasteiger partial charge in [-0.1, -0.05) is 37.8 Å². The quantitative estimate of drug-likeness (QED) is 0.388. The first-order valence-corrected chi connectivity index (χ1v) is 7.13. The first-order chi connectivity index (χ1) is 8.68. The second-order valence-electron chi connectivity index (χ2n) is 5.22. The molecule has 0 aromatic carbocycles. The van der Waals surface area contributed by atoms with Crippen LogP contribution in [0.4, 0.5) is 0 Å². The number of unbranched alkanes of at least 4 members (excludes halogenated alkanes) is 4. The predicted octanol–water partition coefficient (Wildman–Crippen LogP) is 3.75. The van der Waals surface area contributed by atoms with Gasteiger partial charge in [-0.25, -0.2) is 4.79 Å². The standard InChI is InChI=1S/C14H25NO3/c1-2-3-4-5-6-9-14(10-7-8-11-14)18-15-12-13(16)17/h12H,2-11H2,1H3,(H,16,17). The minimum atomic E-state index is -1.05. The van der Waals surface area contributed by atoms with E-state index in [1.54, 1.807) is 0 Å². The number of hydrogen-bond donors (Lipinski definition) is 1. The lowest BCUT2D eigenvalue weighted by molar-refractivity contribution is -0.129. The summed E-state index contributed by atoms with van der Waals surface area (Å²) in [6, 6.07) is 0. The molecular formula is C14H25NO3. The minimum absolute atomic E-state index is 0.182. The topological polar surface area (TPSA) is 58.9 Å². The zero-order valence-electron chi connectivity index (χ0n) is 11.4. The summed E-state index contributed by atoms with van der Waals surface area (Å²) in [5, 5.41) is 12.1. The molecule has 0 radical (unpaired) electrons. The highest BCUT2D eigenvalue weighted by molar-refractivity contribution is 6.21. The number of oxime groups is 1. The Bertz CT molecular complexity index is 270. The number of nitrogens with zero attached hydrogens (tertiary/aromatic N) is 1. The molecule has 104 valence electrons. The van der Waals surface area contributed by atoms with E-state index < -0.39 is 5.97 Å². The van der Waals surface area contributed by atoms with Crippen molar-refractivity contribution >= 4 is 12.2 Å². The third kappa shape index (κ3) is 5.52. The molecule has 0 amide bonds. The Balaban J connectivity index is 2.31. The lowest BCUT2D eigenvalue weighted by Crippen LogP contribution is -2.27. The largest absolute Gasteiger partial charge is 0.477 e. The molecule has 4 heteroatoms. The second-order valence-corrected chi connectivity index (χ2v) is 5.22. The third-order valence-corrected chi connectivity index (χ3v) is 3.66. The molecular weight excluding hydrogens is 230 g/mol. The van der Waals surface area contributed by atoms with E-state index in [4.69, 9.17) is 9.94 Å². The first-order valence-electron chi connectivity index (χ1n) is 7.13. The molecule has 0 saturated heterocycles. The molecule has 4 nitrogen and oxygen atoms in total. The molecule has 1 saturated carbocycles. The van der Waals surface area contributed by atoms with Crippen LogP contribution in [0.5, 0.6) is 0 Å². The van der Waals surface area contributed by atoms with Gasteiger partial charge < -0.3 is 9.94 Å². The zero-order chi connectivity index (χ0) is 13.3. The molecule has 0 spiro atoms. The van der Waals surface area contributed by atoms with Crippen molar-refractivity contribution in [2.24, 2.45) is 5.16 Å². The summed E-state index contributed by atoms with van der Waals surface area (Å²) in [7, 11) is 0. The van der Waals surface area contributed by atoms with Crippen LogP contribution in [0.2, 0.25) is 0 Å². The lowest BCUT2D eigenvalue weighted by atomic mass is 9.94. The average Bonchev–Trinajstić information content (AvgIpc) is 2.77. The molecule has 1 rings (SSSR count). The Kier molecular flexibility index (Phi) is 6.76. The van der Waals surface area contributed by atoms with Crippen molar-refractivity contribution in [3.05, 3.63) is 0 Å². The summed E-state index contributed by atoms with van der Waals surface area (Å²) in [4.78, 5) is 15.9. The zero-order valence-corrected chi connectivity index (χ0v) is 11.4. The fourth-order valence-corrected chi connectivity index (χ4v) is 2.64. The monoisotopic (exact) mass is 255 g/mol. The Morgan fingerprint density at radius 2 is 1.94 bits per heavy atom. The van der Waals surface area contributed by atoms with Gasteiger partial charge in [-0.3, -0.25) is 0 Å². The van der Waals surface area contributed by atoms with Crippen molar-refractivity contribution in [2.75, 3.05) is 0 Å². The highest BCUT2D eigenvalue weighted by Crippen LogP contribution is 2.37. The molecule has 0 unspecified atom stereocenters. The number of rotatable bonds is 9. The normalized spacial score (nSPS) is 18.3. The van der Waals surface area contributed by atoms with Crippen LogP contribution >= 0.6 is 0 Å². The van der Waals surface area contributed by atoms with Crippen LogP contribution in [0, 0.1) is 0 Å². The van der Waals surface area contributed by atoms with Crippen molar-refractivity contribution in [2.45, 2.75) is 76.7 Å². The lowest BCUT2D eigenvalue weighted by Gasteiger charge is -2.26. The first kappa shape index (κ1) is 15.0. The summed E-state index contributed by atoms with van der Waals surface area (Å²) in [6.45, 7) is 2.21. The molecule has 1 fully saturated rings. The molecule has 0 aromatic heterocycles. The van der Waals surface area contributed by atoms with Crippen molar-refractivity contribution in [3.8, 4) is 0 Å². The predicted molar refractivity (Wildman–Crippen MR) is 71.8 cm³/mol. The van der Waals surface area contributed by atoms with Crippen LogP contribution in [0.1, 0.15) is 71.1 Å². The Morgan fingerprint density at radius 3 is 2.56 bits per heavy atom. The third-order valence-electron chi connectivity index (χ3n) is 3.66. The number of aliphatic carboxylic acids is 1. The highest BCUT2D eigenvalue weighted by Gasteiger charge is 2.35. The van der Waals surface area contributed by atoms with Gasteiger partial charge in [-0.2, -0.15) is 0 Å².